The molecular formula is C16H20Cl2N2O3. The Morgan fingerprint density at radius 1 is 1.35 bits per heavy atom. The van der Waals surface area contributed by atoms with Crippen molar-refractivity contribution >= 4 is 35.2 Å². The van der Waals surface area contributed by atoms with Gasteiger partial charge in [0.1, 0.15) is 11.6 Å². The summed E-state index contributed by atoms with van der Waals surface area (Å²) in [5.74, 6) is -0.123. The van der Waals surface area contributed by atoms with Gasteiger partial charge in [0.05, 0.1) is 10.0 Å². The minimum absolute atomic E-state index is 0.123. The van der Waals surface area contributed by atoms with E-state index in [1.165, 1.54) is 0 Å². The van der Waals surface area contributed by atoms with E-state index in [-0.39, 0.29) is 5.91 Å². The van der Waals surface area contributed by atoms with Crippen molar-refractivity contribution in [2.75, 3.05) is 6.54 Å². The second-order valence-corrected chi connectivity index (χ2v) is 7.31. The molecule has 1 N–H and O–H groups in total. The lowest BCUT2D eigenvalue weighted by Gasteiger charge is -2.21. The standard InChI is InChI=1S/C16H20Cl2N2O3/c1-16(2,3)23-15(22)19-13-6-7-20(14(13)21)9-10-4-5-11(17)12(18)8-10/h4-5,8,13H,6-7,9H2,1-3H3,(H,19,22)/t13-/m0/s1. The van der Waals surface area contributed by atoms with Gasteiger partial charge in [0, 0.05) is 13.1 Å². The van der Waals surface area contributed by atoms with Crippen LogP contribution in [-0.4, -0.2) is 35.1 Å². The molecule has 1 aromatic rings. The van der Waals surface area contributed by atoms with E-state index in [0.717, 1.165) is 5.56 Å². The van der Waals surface area contributed by atoms with Crippen LogP contribution in [0.2, 0.25) is 10.0 Å². The molecule has 1 heterocycles. The van der Waals surface area contributed by atoms with Crippen LogP contribution in [0.15, 0.2) is 18.2 Å². The molecule has 23 heavy (non-hydrogen) atoms. The lowest BCUT2D eigenvalue weighted by molar-refractivity contribution is -0.129. The van der Waals surface area contributed by atoms with Crippen molar-refractivity contribution in [1.29, 1.82) is 0 Å². The number of benzene rings is 1. The highest BCUT2D eigenvalue weighted by molar-refractivity contribution is 6.42. The quantitative estimate of drug-likeness (QED) is 0.897. The topological polar surface area (TPSA) is 58.6 Å². The van der Waals surface area contributed by atoms with Gasteiger partial charge in [-0.05, 0) is 44.9 Å². The van der Waals surface area contributed by atoms with Crippen LogP contribution in [-0.2, 0) is 16.1 Å². The predicted octanol–water partition coefficient (Wildman–Crippen LogP) is 3.62. The molecule has 0 aromatic heterocycles. The van der Waals surface area contributed by atoms with Crippen molar-refractivity contribution in [3.8, 4) is 0 Å². The van der Waals surface area contributed by atoms with Gasteiger partial charge in [-0.25, -0.2) is 4.79 Å². The Kier molecular flexibility index (Phi) is 5.42. The Morgan fingerprint density at radius 3 is 2.65 bits per heavy atom. The highest BCUT2D eigenvalue weighted by atomic mass is 35.5. The monoisotopic (exact) mass is 358 g/mol. The van der Waals surface area contributed by atoms with Crippen LogP contribution in [0.3, 0.4) is 0 Å². The van der Waals surface area contributed by atoms with Gasteiger partial charge in [-0.1, -0.05) is 29.3 Å². The van der Waals surface area contributed by atoms with Crippen molar-refractivity contribution < 1.29 is 14.3 Å². The maximum Gasteiger partial charge on any atom is 0.408 e. The lowest BCUT2D eigenvalue weighted by Crippen LogP contribution is -2.43. The van der Waals surface area contributed by atoms with Gasteiger partial charge < -0.3 is 15.0 Å². The first-order valence-corrected chi connectivity index (χ1v) is 8.13. The molecule has 1 atom stereocenters. The zero-order chi connectivity index (χ0) is 17.2. The molecule has 0 unspecified atom stereocenters. The highest BCUT2D eigenvalue weighted by Gasteiger charge is 2.33. The van der Waals surface area contributed by atoms with Crippen LogP contribution in [0.25, 0.3) is 0 Å². The Morgan fingerprint density at radius 2 is 2.04 bits per heavy atom. The summed E-state index contributed by atoms with van der Waals surface area (Å²) in [7, 11) is 0. The summed E-state index contributed by atoms with van der Waals surface area (Å²) in [4.78, 5) is 25.8. The van der Waals surface area contributed by atoms with E-state index in [4.69, 9.17) is 27.9 Å². The fourth-order valence-electron chi connectivity index (χ4n) is 2.34. The molecule has 126 valence electrons. The highest BCUT2D eigenvalue weighted by Crippen LogP contribution is 2.24. The third-order valence-electron chi connectivity index (χ3n) is 3.35. The molecule has 1 saturated heterocycles. The summed E-state index contributed by atoms with van der Waals surface area (Å²) in [6.07, 6.45) is -0.0217. The fourth-order valence-corrected chi connectivity index (χ4v) is 2.66. The first-order valence-electron chi connectivity index (χ1n) is 7.38. The number of carbonyl (C=O) groups is 2. The van der Waals surface area contributed by atoms with E-state index < -0.39 is 17.7 Å². The van der Waals surface area contributed by atoms with Crippen LogP contribution in [0, 0.1) is 0 Å². The van der Waals surface area contributed by atoms with E-state index in [2.05, 4.69) is 5.32 Å². The van der Waals surface area contributed by atoms with Crippen molar-refractivity contribution in [1.82, 2.24) is 10.2 Å². The average molecular weight is 359 g/mol. The minimum atomic E-state index is -0.592. The summed E-state index contributed by atoms with van der Waals surface area (Å²) >= 11 is 11.9. The third-order valence-corrected chi connectivity index (χ3v) is 4.08. The van der Waals surface area contributed by atoms with Crippen molar-refractivity contribution in [3.63, 3.8) is 0 Å². The molecular weight excluding hydrogens is 339 g/mol. The summed E-state index contributed by atoms with van der Waals surface area (Å²) in [5, 5.41) is 3.56. The summed E-state index contributed by atoms with van der Waals surface area (Å²) in [6, 6.07) is 4.73. The molecule has 2 amide bonds. The molecule has 0 bridgehead atoms. The molecule has 5 nitrogen and oxygen atoms in total. The number of likely N-dealkylation sites (tertiary alicyclic amines) is 1. The van der Waals surface area contributed by atoms with E-state index in [1.54, 1.807) is 37.8 Å². The molecule has 1 aliphatic rings. The van der Waals surface area contributed by atoms with Gasteiger partial charge in [-0.15, -0.1) is 0 Å². The van der Waals surface area contributed by atoms with E-state index in [1.807, 2.05) is 6.07 Å². The first kappa shape index (κ1) is 17.9. The van der Waals surface area contributed by atoms with Crippen LogP contribution < -0.4 is 5.32 Å². The van der Waals surface area contributed by atoms with Gasteiger partial charge in [0.2, 0.25) is 5.91 Å². The normalized spacial score (nSPS) is 18.2. The number of alkyl carbamates (subject to hydrolysis) is 1. The molecule has 0 spiro atoms. The van der Waals surface area contributed by atoms with Gasteiger partial charge in [0.15, 0.2) is 0 Å². The number of carbonyl (C=O) groups excluding carboxylic acids is 2. The number of rotatable bonds is 3. The number of ether oxygens (including phenoxy) is 1. The van der Waals surface area contributed by atoms with Crippen molar-refractivity contribution in [2.45, 2.75) is 45.4 Å². The Bertz CT molecular complexity index is 614. The number of hydrogen-bond donors (Lipinski definition) is 1. The average Bonchev–Trinajstić information content (AvgIpc) is 2.74. The molecule has 2 rings (SSSR count). The number of amides is 2. The fraction of sp³-hybridized carbons (Fsp3) is 0.500. The second kappa shape index (κ2) is 6.97. The minimum Gasteiger partial charge on any atom is -0.444 e. The lowest BCUT2D eigenvalue weighted by atomic mass is 10.2. The summed E-state index contributed by atoms with van der Waals surface area (Å²) in [5.41, 5.74) is 0.302. The smallest absolute Gasteiger partial charge is 0.408 e. The van der Waals surface area contributed by atoms with Gasteiger partial charge in [-0.3, -0.25) is 4.79 Å². The maximum absolute atomic E-state index is 12.4. The van der Waals surface area contributed by atoms with Crippen LogP contribution >= 0.6 is 23.2 Å². The van der Waals surface area contributed by atoms with Gasteiger partial charge in [-0.2, -0.15) is 0 Å². The zero-order valence-electron chi connectivity index (χ0n) is 13.4. The Labute approximate surface area is 145 Å². The molecule has 1 fully saturated rings. The molecule has 7 heteroatoms. The summed E-state index contributed by atoms with van der Waals surface area (Å²) in [6.45, 7) is 6.33. The van der Waals surface area contributed by atoms with Crippen molar-refractivity contribution in [3.05, 3.63) is 33.8 Å². The number of nitrogens with zero attached hydrogens (tertiary/aromatic N) is 1. The van der Waals surface area contributed by atoms with Crippen LogP contribution in [0.1, 0.15) is 32.8 Å². The number of halogens is 2. The summed E-state index contributed by atoms with van der Waals surface area (Å²) < 4.78 is 5.18. The Hall–Kier alpha value is -1.46. The molecule has 1 aromatic carbocycles. The zero-order valence-corrected chi connectivity index (χ0v) is 14.9. The van der Waals surface area contributed by atoms with Gasteiger partial charge >= 0.3 is 6.09 Å². The second-order valence-electron chi connectivity index (χ2n) is 6.50. The number of hydrogen-bond acceptors (Lipinski definition) is 3. The molecule has 0 saturated carbocycles. The molecule has 0 radical (unpaired) electrons. The Balaban J connectivity index is 1.93. The van der Waals surface area contributed by atoms with Gasteiger partial charge in [0.25, 0.3) is 0 Å². The largest absolute Gasteiger partial charge is 0.444 e. The first-order chi connectivity index (χ1) is 10.7. The maximum atomic E-state index is 12.4. The van der Waals surface area contributed by atoms with Crippen LogP contribution in [0.5, 0.6) is 0 Å². The van der Waals surface area contributed by atoms with Crippen LogP contribution in [0.4, 0.5) is 4.79 Å². The SMILES string of the molecule is CC(C)(C)OC(=O)N[C@H]1CCN(Cc2ccc(Cl)c(Cl)c2)C1=O. The van der Waals surface area contributed by atoms with E-state index >= 15 is 0 Å². The third kappa shape index (κ3) is 5.01. The molecule has 0 aliphatic carbocycles. The molecule has 1 aliphatic heterocycles. The van der Waals surface area contributed by atoms with E-state index in [0.29, 0.717) is 29.6 Å². The van der Waals surface area contributed by atoms with E-state index in [9.17, 15) is 9.59 Å². The predicted molar refractivity (Wildman–Crippen MR) is 89.7 cm³/mol. The van der Waals surface area contributed by atoms with Crippen molar-refractivity contribution in [2.24, 2.45) is 0 Å². The number of nitrogens with one attached hydrogen (secondary N) is 1.